The molecule has 0 bridgehead atoms. The van der Waals surface area contributed by atoms with Crippen LogP contribution in [0.25, 0.3) is 0 Å². The molecule has 0 aliphatic heterocycles. The molecule has 0 unspecified atom stereocenters. The van der Waals surface area contributed by atoms with E-state index in [0.717, 1.165) is 10.0 Å². The fraction of sp³-hybridized carbons (Fsp3) is 0.0714. The second kappa shape index (κ2) is 5.32. The number of hydrogen-bond acceptors (Lipinski definition) is 3. The van der Waals surface area contributed by atoms with Gasteiger partial charge in [-0.2, -0.15) is 0 Å². The van der Waals surface area contributed by atoms with Gasteiger partial charge in [-0.1, -0.05) is 22.0 Å². The van der Waals surface area contributed by atoms with Crippen LogP contribution in [0.1, 0.15) is 15.9 Å². The summed E-state index contributed by atoms with van der Waals surface area (Å²) in [5, 5.41) is 21.6. The minimum absolute atomic E-state index is 0.0247. The first-order chi connectivity index (χ1) is 8.97. The largest absolute Gasteiger partial charge is 0.508 e. The molecule has 2 aromatic carbocycles. The Kier molecular flexibility index (Phi) is 3.76. The molecule has 1 amide bonds. The zero-order valence-electron chi connectivity index (χ0n) is 10.1. The molecule has 0 spiro atoms. The number of rotatable bonds is 2. The first-order valence-corrected chi connectivity index (χ1v) is 6.36. The quantitative estimate of drug-likeness (QED) is 0.742. The molecule has 0 saturated carbocycles. The number of benzene rings is 2. The fourth-order valence-corrected chi connectivity index (χ4v) is 1.95. The summed E-state index contributed by atoms with van der Waals surface area (Å²) in [4.78, 5) is 12.0. The summed E-state index contributed by atoms with van der Waals surface area (Å²) in [5.41, 5.74) is 1.68. The van der Waals surface area contributed by atoms with Crippen LogP contribution in [0.4, 0.5) is 5.69 Å². The monoisotopic (exact) mass is 321 g/mol. The van der Waals surface area contributed by atoms with Crippen LogP contribution in [0.2, 0.25) is 0 Å². The summed E-state index contributed by atoms with van der Waals surface area (Å²) in [5.74, 6) is -0.737. The van der Waals surface area contributed by atoms with Gasteiger partial charge in [-0.05, 0) is 42.8 Å². The average molecular weight is 322 g/mol. The van der Waals surface area contributed by atoms with E-state index in [4.69, 9.17) is 0 Å². The summed E-state index contributed by atoms with van der Waals surface area (Å²) in [6.07, 6.45) is 0. The highest BCUT2D eigenvalue weighted by Crippen LogP contribution is 2.25. The van der Waals surface area contributed by atoms with Crippen LogP contribution >= 0.6 is 15.9 Å². The Labute approximate surface area is 118 Å². The molecule has 3 N–H and O–H groups in total. The van der Waals surface area contributed by atoms with E-state index >= 15 is 0 Å². The van der Waals surface area contributed by atoms with Crippen molar-refractivity contribution in [2.45, 2.75) is 6.92 Å². The van der Waals surface area contributed by atoms with E-state index in [9.17, 15) is 15.0 Å². The van der Waals surface area contributed by atoms with E-state index in [1.165, 1.54) is 18.2 Å². The van der Waals surface area contributed by atoms with Crippen molar-refractivity contribution in [3.63, 3.8) is 0 Å². The molecule has 4 nitrogen and oxygen atoms in total. The molecule has 0 heterocycles. The second-order valence-corrected chi connectivity index (χ2v) is 4.97. The van der Waals surface area contributed by atoms with Gasteiger partial charge in [0.05, 0.1) is 5.56 Å². The Morgan fingerprint density at radius 3 is 2.58 bits per heavy atom. The van der Waals surface area contributed by atoms with E-state index in [0.29, 0.717) is 5.69 Å². The molecule has 0 aliphatic carbocycles. The molecule has 98 valence electrons. The van der Waals surface area contributed by atoms with Crippen LogP contribution in [0.15, 0.2) is 40.9 Å². The predicted octanol–water partition coefficient (Wildman–Crippen LogP) is 3.42. The first-order valence-electron chi connectivity index (χ1n) is 5.57. The Hall–Kier alpha value is -2.01. The van der Waals surface area contributed by atoms with Crippen molar-refractivity contribution in [2.24, 2.45) is 0 Å². The van der Waals surface area contributed by atoms with E-state index < -0.39 is 5.91 Å². The third-order valence-electron chi connectivity index (χ3n) is 2.65. The van der Waals surface area contributed by atoms with Crippen molar-refractivity contribution in [1.29, 1.82) is 0 Å². The van der Waals surface area contributed by atoms with Gasteiger partial charge in [-0.3, -0.25) is 4.79 Å². The van der Waals surface area contributed by atoms with Crippen molar-refractivity contribution < 1.29 is 15.0 Å². The molecule has 2 rings (SSSR count). The molecule has 5 heteroatoms. The lowest BCUT2D eigenvalue weighted by Gasteiger charge is -2.08. The molecule has 0 saturated heterocycles. The minimum atomic E-state index is -0.482. The lowest BCUT2D eigenvalue weighted by Crippen LogP contribution is -2.12. The van der Waals surface area contributed by atoms with Gasteiger partial charge in [0.15, 0.2) is 0 Å². The van der Waals surface area contributed by atoms with Crippen molar-refractivity contribution in [1.82, 2.24) is 0 Å². The fourth-order valence-electron chi connectivity index (χ4n) is 1.57. The molecule has 0 aliphatic rings. The normalized spacial score (nSPS) is 10.2. The van der Waals surface area contributed by atoms with Crippen LogP contribution in [-0.4, -0.2) is 16.1 Å². The van der Waals surface area contributed by atoms with Crippen molar-refractivity contribution in [3.05, 3.63) is 52.0 Å². The topological polar surface area (TPSA) is 69.6 Å². The number of aryl methyl sites for hydroxylation is 1. The number of anilines is 1. The molecule has 0 aromatic heterocycles. The summed E-state index contributed by atoms with van der Waals surface area (Å²) in [6.45, 7) is 1.94. The van der Waals surface area contributed by atoms with Crippen LogP contribution in [0, 0.1) is 6.92 Å². The van der Waals surface area contributed by atoms with Gasteiger partial charge in [-0.25, -0.2) is 0 Å². The highest BCUT2D eigenvalue weighted by atomic mass is 79.9. The Morgan fingerprint density at radius 1 is 1.16 bits per heavy atom. The highest BCUT2D eigenvalue weighted by Gasteiger charge is 2.12. The van der Waals surface area contributed by atoms with Crippen LogP contribution in [0.5, 0.6) is 11.5 Å². The first kappa shape index (κ1) is 13.4. The molecule has 0 fully saturated rings. The minimum Gasteiger partial charge on any atom is -0.508 e. The zero-order valence-corrected chi connectivity index (χ0v) is 11.7. The Morgan fingerprint density at radius 2 is 1.89 bits per heavy atom. The number of nitrogens with one attached hydrogen (secondary N) is 1. The second-order valence-electron chi connectivity index (χ2n) is 4.12. The lowest BCUT2D eigenvalue weighted by molar-refractivity contribution is 0.102. The number of carbonyl (C=O) groups is 1. The molecular formula is C14H12BrNO3. The molecular weight excluding hydrogens is 310 g/mol. The zero-order chi connectivity index (χ0) is 14.0. The third-order valence-corrected chi connectivity index (χ3v) is 3.51. The number of aromatic hydroxyl groups is 2. The number of amides is 1. The SMILES string of the molecule is Cc1ccc(NC(=O)c2cc(O)ccc2O)cc1Br. The van der Waals surface area contributed by atoms with Gasteiger partial charge in [0, 0.05) is 10.2 Å². The van der Waals surface area contributed by atoms with Gasteiger partial charge < -0.3 is 15.5 Å². The van der Waals surface area contributed by atoms with Gasteiger partial charge in [0.1, 0.15) is 11.5 Å². The smallest absolute Gasteiger partial charge is 0.259 e. The van der Waals surface area contributed by atoms with Gasteiger partial charge in [0.25, 0.3) is 5.91 Å². The average Bonchev–Trinajstić information content (AvgIpc) is 2.36. The van der Waals surface area contributed by atoms with Crippen molar-refractivity contribution in [2.75, 3.05) is 5.32 Å². The molecule has 19 heavy (non-hydrogen) atoms. The third kappa shape index (κ3) is 3.06. The van der Waals surface area contributed by atoms with Gasteiger partial charge >= 0.3 is 0 Å². The number of phenols is 2. The number of phenolic OH excluding ortho intramolecular Hbond substituents is 2. The Balaban J connectivity index is 2.25. The molecule has 0 atom stereocenters. The number of carbonyl (C=O) groups excluding carboxylic acids is 1. The van der Waals surface area contributed by atoms with Crippen LogP contribution < -0.4 is 5.32 Å². The van der Waals surface area contributed by atoms with Crippen LogP contribution in [0.3, 0.4) is 0 Å². The summed E-state index contributed by atoms with van der Waals surface area (Å²) >= 11 is 3.38. The van der Waals surface area contributed by atoms with Gasteiger partial charge in [-0.15, -0.1) is 0 Å². The van der Waals surface area contributed by atoms with E-state index in [1.807, 2.05) is 13.0 Å². The predicted molar refractivity (Wildman–Crippen MR) is 76.6 cm³/mol. The Bertz CT molecular complexity index is 641. The summed E-state index contributed by atoms with van der Waals surface area (Å²) < 4.78 is 0.880. The maximum Gasteiger partial charge on any atom is 0.259 e. The van der Waals surface area contributed by atoms with E-state index in [1.54, 1.807) is 12.1 Å². The van der Waals surface area contributed by atoms with E-state index in [-0.39, 0.29) is 17.1 Å². The maximum atomic E-state index is 12.0. The van der Waals surface area contributed by atoms with Crippen molar-refractivity contribution in [3.8, 4) is 11.5 Å². The van der Waals surface area contributed by atoms with Crippen molar-refractivity contribution >= 4 is 27.5 Å². The highest BCUT2D eigenvalue weighted by molar-refractivity contribution is 9.10. The van der Waals surface area contributed by atoms with Crippen LogP contribution in [-0.2, 0) is 0 Å². The standard InChI is InChI=1S/C14H12BrNO3/c1-8-2-3-9(6-12(8)15)16-14(19)11-7-10(17)4-5-13(11)18/h2-7,17-18H,1H3,(H,16,19). The van der Waals surface area contributed by atoms with E-state index in [2.05, 4.69) is 21.2 Å². The lowest BCUT2D eigenvalue weighted by atomic mass is 10.1. The molecule has 0 radical (unpaired) electrons. The number of hydrogen-bond donors (Lipinski definition) is 3. The molecule has 2 aromatic rings. The summed E-state index contributed by atoms with van der Waals surface area (Å²) in [6, 6.07) is 9.20. The van der Waals surface area contributed by atoms with Gasteiger partial charge in [0.2, 0.25) is 0 Å². The number of halogens is 1. The summed E-state index contributed by atoms with van der Waals surface area (Å²) in [7, 11) is 0. The maximum absolute atomic E-state index is 12.0.